The van der Waals surface area contributed by atoms with Crippen molar-refractivity contribution in [3.63, 3.8) is 0 Å². The zero-order valence-electron chi connectivity index (χ0n) is 21.7. The fourth-order valence-electron chi connectivity index (χ4n) is 4.51. The van der Waals surface area contributed by atoms with Gasteiger partial charge in [0.15, 0.2) is 0 Å². The van der Waals surface area contributed by atoms with Crippen molar-refractivity contribution in [3.05, 3.63) is 64.2 Å². The molecule has 1 radical (unpaired) electrons. The van der Waals surface area contributed by atoms with Gasteiger partial charge in [0.1, 0.15) is 0 Å². The molecule has 0 saturated heterocycles. The van der Waals surface area contributed by atoms with E-state index in [1.54, 1.807) is 0 Å². The number of hydrogen-bond acceptors (Lipinski definition) is 3. The minimum absolute atomic E-state index is 0. The number of hydrogen-bond donors (Lipinski definition) is 2. The number of benzene rings is 2. The van der Waals surface area contributed by atoms with Gasteiger partial charge in [0.2, 0.25) is 0 Å². The first-order chi connectivity index (χ1) is 15.6. The molecular weight excluding hydrogens is 599 g/mol. The van der Waals surface area contributed by atoms with Crippen LogP contribution in [0.15, 0.2) is 30.3 Å². The van der Waals surface area contributed by atoms with E-state index in [0.29, 0.717) is 6.42 Å². The van der Waals surface area contributed by atoms with E-state index in [4.69, 9.17) is 4.98 Å². The maximum atomic E-state index is 9.39. The number of aliphatic hydroxyl groups excluding tert-OH is 2. The summed E-state index contributed by atoms with van der Waals surface area (Å²) in [5.41, 5.74) is 10.3. The van der Waals surface area contributed by atoms with Crippen molar-refractivity contribution >= 4 is 10.9 Å². The number of nitrogens with zero attached hydrogens (tertiary/aromatic N) is 1. The molecule has 0 amide bonds. The molecule has 0 fully saturated rings. The molecule has 34 heavy (non-hydrogen) atoms. The Kier molecular flexibility index (Phi) is 10.5. The predicted molar refractivity (Wildman–Crippen MR) is 139 cm³/mol. The molecule has 3 aromatic rings. The molecule has 2 N–H and O–H groups in total. The quantitative estimate of drug-likeness (QED) is 0.319. The van der Waals surface area contributed by atoms with E-state index in [1.165, 1.54) is 38.8 Å². The Morgan fingerprint density at radius 3 is 2.21 bits per heavy atom. The van der Waals surface area contributed by atoms with Crippen LogP contribution in [0.25, 0.3) is 22.2 Å². The Morgan fingerprint density at radius 1 is 0.971 bits per heavy atom. The van der Waals surface area contributed by atoms with Crippen LogP contribution in [0.5, 0.6) is 0 Å². The summed E-state index contributed by atoms with van der Waals surface area (Å²) in [4.78, 5) is 5.02. The van der Waals surface area contributed by atoms with Crippen LogP contribution in [0, 0.1) is 31.7 Å². The van der Waals surface area contributed by atoms with E-state index in [1.807, 2.05) is 27.7 Å². The molecule has 0 bridgehead atoms. The van der Waals surface area contributed by atoms with Crippen LogP contribution in [0.2, 0.25) is 0 Å². The van der Waals surface area contributed by atoms with Crippen molar-refractivity contribution in [1.82, 2.24) is 4.98 Å². The van der Waals surface area contributed by atoms with Gasteiger partial charge in [-0.05, 0) is 48.4 Å². The first kappa shape index (κ1) is 28.7. The molecule has 2 unspecified atom stereocenters. The molecule has 4 heteroatoms. The maximum absolute atomic E-state index is 9.39. The number of aliphatic hydroxyl groups is 2. The Hall–Kier alpha value is -1.58. The van der Waals surface area contributed by atoms with Crippen LogP contribution in [0.3, 0.4) is 0 Å². The van der Waals surface area contributed by atoms with Gasteiger partial charge < -0.3 is 10.2 Å². The summed E-state index contributed by atoms with van der Waals surface area (Å²) in [5.74, 6) is 0.479. The van der Waals surface area contributed by atoms with Gasteiger partial charge in [0.05, 0.1) is 17.7 Å². The van der Waals surface area contributed by atoms with Gasteiger partial charge in [0, 0.05) is 25.5 Å². The predicted octanol–water partition coefficient (Wildman–Crippen LogP) is 6.39. The van der Waals surface area contributed by atoms with Crippen molar-refractivity contribution in [2.75, 3.05) is 0 Å². The average Bonchev–Trinajstić information content (AvgIpc) is 2.77. The Bertz CT molecular complexity index is 1090. The minimum atomic E-state index is -0.368. The molecule has 187 valence electrons. The monoisotopic (exact) mass is 639 g/mol. The van der Waals surface area contributed by atoms with Crippen molar-refractivity contribution < 1.29 is 30.3 Å². The van der Waals surface area contributed by atoms with Crippen LogP contribution in [0.1, 0.15) is 68.9 Å². The van der Waals surface area contributed by atoms with Crippen LogP contribution in [-0.4, -0.2) is 27.4 Å². The molecule has 3 nitrogen and oxygen atoms in total. The Labute approximate surface area is 219 Å². The fraction of sp³-hybridized carbons (Fsp3) is 0.500. The molecule has 1 heterocycles. The first-order valence-electron chi connectivity index (χ1n) is 12.4. The standard InChI is InChI=1S/C21H20N.C9H20O2.Ir/c1-4-15-6-5-7-20-18(15)12-16-8-9-17-14(3)10-13(2)11-19(17)21(16)22-20;1-6(2)8(10)5-9(11)7(3)4;/h5-7,10,12H,4,8-9H2,1-3H3;6-11H,5H2,1-4H3;/q-1;;. The molecule has 2 aromatic carbocycles. The van der Waals surface area contributed by atoms with Crippen LogP contribution < -0.4 is 0 Å². The molecule has 1 aliphatic carbocycles. The molecule has 0 aliphatic heterocycles. The second-order valence-electron chi connectivity index (χ2n) is 10.2. The zero-order chi connectivity index (χ0) is 24.3. The second-order valence-corrected chi connectivity index (χ2v) is 10.2. The second kappa shape index (κ2) is 12.4. The minimum Gasteiger partial charge on any atom is -0.393 e. The third kappa shape index (κ3) is 6.55. The van der Waals surface area contributed by atoms with Crippen LogP contribution in [0.4, 0.5) is 0 Å². The smallest absolute Gasteiger partial charge is 0.0598 e. The third-order valence-corrected chi connectivity index (χ3v) is 6.85. The van der Waals surface area contributed by atoms with Gasteiger partial charge in [-0.3, -0.25) is 4.98 Å². The maximum Gasteiger partial charge on any atom is 0.0598 e. The van der Waals surface area contributed by atoms with Gasteiger partial charge in [-0.1, -0.05) is 78.6 Å². The molecule has 0 spiro atoms. The summed E-state index contributed by atoms with van der Waals surface area (Å²) in [6, 6.07) is 14.6. The van der Waals surface area contributed by atoms with Crippen molar-refractivity contribution in [3.8, 4) is 11.3 Å². The molecule has 0 saturated carbocycles. The number of rotatable bonds is 5. The topological polar surface area (TPSA) is 53.4 Å². The van der Waals surface area contributed by atoms with E-state index >= 15 is 0 Å². The first-order valence-corrected chi connectivity index (χ1v) is 12.4. The number of aromatic nitrogens is 1. The third-order valence-electron chi connectivity index (χ3n) is 6.85. The van der Waals surface area contributed by atoms with Crippen molar-refractivity contribution in [2.24, 2.45) is 11.8 Å². The summed E-state index contributed by atoms with van der Waals surface area (Å²) < 4.78 is 0. The van der Waals surface area contributed by atoms with E-state index in [2.05, 4.69) is 57.2 Å². The number of aryl methyl sites for hydroxylation is 4. The van der Waals surface area contributed by atoms with Crippen LogP contribution >= 0.6 is 0 Å². The molecular formula is C30H40IrNO2-. The Morgan fingerprint density at radius 2 is 1.62 bits per heavy atom. The number of pyridine rings is 1. The fourth-order valence-corrected chi connectivity index (χ4v) is 4.51. The van der Waals surface area contributed by atoms with Gasteiger partial charge in [0.25, 0.3) is 0 Å². The normalized spacial score (nSPS) is 14.1. The van der Waals surface area contributed by atoms with Crippen LogP contribution in [-0.2, 0) is 39.4 Å². The van der Waals surface area contributed by atoms with E-state index in [0.717, 1.165) is 30.5 Å². The average molecular weight is 639 g/mol. The summed E-state index contributed by atoms with van der Waals surface area (Å²) in [7, 11) is 0. The molecule has 2 atom stereocenters. The largest absolute Gasteiger partial charge is 0.393 e. The molecule has 1 aromatic heterocycles. The van der Waals surface area contributed by atoms with Gasteiger partial charge in [-0.2, -0.15) is 0 Å². The van der Waals surface area contributed by atoms with Gasteiger partial charge in [-0.25, -0.2) is 0 Å². The molecule has 1 aliphatic rings. The zero-order valence-corrected chi connectivity index (χ0v) is 24.1. The summed E-state index contributed by atoms with van der Waals surface area (Å²) in [6.07, 6.45) is 3.00. The van der Waals surface area contributed by atoms with Gasteiger partial charge in [-0.15, -0.1) is 34.4 Å². The van der Waals surface area contributed by atoms with Gasteiger partial charge >= 0.3 is 0 Å². The van der Waals surface area contributed by atoms with Crippen molar-refractivity contribution in [2.45, 2.75) is 86.4 Å². The molecule has 4 rings (SSSR count). The number of fused-ring (bicyclic) bond motifs is 4. The SMILES string of the molecule is CC(C)C(O)CC(O)C(C)C.CCc1cccc2nc3c(cc12)CCc1c-3[c-]c(C)cc1C.[Ir]. The summed E-state index contributed by atoms with van der Waals surface area (Å²) >= 11 is 0. The van der Waals surface area contributed by atoms with E-state index in [9.17, 15) is 10.2 Å². The van der Waals surface area contributed by atoms with E-state index in [-0.39, 0.29) is 44.1 Å². The van der Waals surface area contributed by atoms with E-state index < -0.39 is 0 Å². The Balaban J connectivity index is 0.000000294. The summed E-state index contributed by atoms with van der Waals surface area (Å²) in [5, 5.41) is 20.1. The van der Waals surface area contributed by atoms with Crippen molar-refractivity contribution in [1.29, 1.82) is 0 Å². The summed E-state index contributed by atoms with van der Waals surface area (Å²) in [6.45, 7) is 14.4.